The van der Waals surface area contributed by atoms with Gasteiger partial charge in [-0.3, -0.25) is 0 Å². The molecule has 1 aliphatic rings. The van der Waals surface area contributed by atoms with Crippen LogP contribution in [0.15, 0.2) is 30.3 Å². The predicted molar refractivity (Wildman–Crippen MR) is 50.9 cm³/mol. The van der Waals surface area contributed by atoms with Gasteiger partial charge in [0.05, 0.1) is 6.04 Å². The minimum atomic E-state index is -0.494. The maximum atomic E-state index is 10.6. The quantitative estimate of drug-likeness (QED) is 0.664. The minimum absolute atomic E-state index is 0.0614. The highest BCUT2D eigenvalue weighted by molar-refractivity contribution is 5.74. The van der Waals surface area contributed by atoms with E-state index in [4.69, 9.17) is 5.73 Å². The monoisotopic (exact) mass is 174 g/mol. The van der Waals surface area contributed by atoms with Crippen LogP contribution in [0.2, 0.25) is 0 Å². The standard InChI is InChI=1S/C10H10N2O/c11-10(13)12-9-6-5-7-3-1-2-4-8(7)9/h1-6,9H,(H3,11,12,13). The number of carbonyl (C=O) groups is 1. The Balaban J connectivity index is 2.28. The number of hydrogen-bond acceptors (Lipinski definition) is 1. The van der Waals surface area contributed by atoms with Crippen molar-refractivity contribution in [1.82, 2.24) is 5.32 Å². The number of carbonyl (C=O) groups excluding carboxylic acids is 1. The number of fused-ring (bicyclic) bond motifs is 1. The van der Waals surface area contributed by atoms with Gasteiger partial charge in [-0.1, -0.05) is 36.4 Å². The molecule has 2 rings (SSSR count). The fourth-order valence-corrected chi connectivity index (χ4v) is 1.53. The Kier molecular flexibility index (Phi) is 1.77. The van der Waals surface area contributed by atoms with E-state index >= 15 is 0 Å². The third-order valence-corrected chi connectivity index (χ3v) is 2.10. The van der Waals surface area contributed by atoms with Gasteiger partial charge in [-0.15, -0.1) is 0 Å². The molecule has 1 aromatic rings. The van der Waals surface area contributed by atoms with Gasteiger partial charge in [0.25, 0.3) is 0 Å². The van der Waals surface area contributed by atoms with E-state index in [1.54, 1.807) is 0 Å². The number of benzene rings is 1. The van der Waals surface area contributed by atoms with Crippen molar-refractivity contribution in [2.24, 2.45) is 5.73 Å². The number of amides is 2. The number of urea groups is 1. The first-order chi connectivity index (χ1) is 6.27. The van der Waals surface area contributed by atoms with Gasteiger partial charge in [0.1, 0.15) is 0 Å². The molecule has 0 radical (unpaired) electrons. The van der Waals surface area contributed by atoms with Gasteiger partial charge >= 0.3 is 6.03 Å². The van der Waals surface area contributed by atoms with Crippen molar-refractivity contribution in [2.45, 2.75) is 6.04 Å². The van der Waals surface area contributed by atoms with Crippen LogP contribution in [0.5, 0.6) is 0 Å². The van der Waals surface area contributed by atoms with Crippen LogP contribution in [-0.2, 0) is 0 Å². The first-order valence-electron chi connectivity index (χ1n) is 4.10. The molecule has 66 valence electrons. The van der Waals surface area contributed by atoms with E-state index in [0.29, 0.717) is 0 Å². The van der Waals surface area contributed by atoms with Crippen LogP contribution in [0.4, 0.5) is 4.79 Å². The number of hydrogen-bond donors (Lipinski definition) is 2. The molecule has 0 saturated carbocycles. The lowest BCUT2D eigenvalue weighted by atomic mass is 10.1. The molecule has 1 aliphatic carbocycles. The topological polar surface area (TPSA) is 55.1 Å². The molecule has 3 N–H and O–H groups in total. The van der Waals surface area contributed by atoms with E-state index in [1.165, 1.54) is 0 Å². The average Bonchev–Trinajstić information content (AvgIpc) is 2.48. The first-order valence-corrected chi connectivity index (χ1v) is 4.10. The second-order valence-corrected chi connectivity index (χ2v) is 2.97. The van der Waals surface area contributed by atoms with E-state index < -0.39 is 6.03 Å². The average molecular weight is 174 g/mol. The Hall–Kier alpha value is -1.77. The predicted octanol–water partition coefficient (Wildman–Crippen LogP) is 1.42. The number of nitrogens with two attached hydrogens (primary N) is 1. The molecule has 1 aromatic carbocycles. The summed E-state index contributed by atoms with van der Waals surface area (Å²) in [6, 6.07) is 7.35. The van der Waals surface area contributed by atoms with E-state index in [-0.39, 0.29) is 6.04 Å². The third kappa shape index (κ3) is 1.40. The Morgan fingerprint density at radius 3 is 2.92 bits per heavy atom. The zero-order valence-electron chi connectivity index (χ0n) is 7.03. The molecule has 0 aliphatic heterocycles. The molecule has 0 heterocycles. The third-order valence-electron chi connectivity index (χ3n) is 2.10. The van der Waals surface area contributed by atoms with Crippen LogP contribution in [0, 0.1) is 0 Å². The molecular formula is C10H10N2O. The second-order valence-electron chi connectivity index (χ2n) is 2.97. The van der Waals surface area contributed by atoms with Crippen LogP contribution < -0.4 is 11.1 Å². The molecular weight excluding hydrogens is 164 g/mol. The zero-order chi connectivity index (χ0) is 9.26. The number of nitrogens with one attached hydrogen (secondary N) is 1. The molecule has 1 unspecified atom stereocenters. The smallest absolute Gasteiger partial charge is 0.312 e. The first kappa shape index (κ1) is 7.86. The van der Waals surface area contributed by atoms with E-state index in [0.717, 1.165) is 11.1 Å². The summed E-state index contributed by atoms with van der Waals surface area (Å²) < 4.78 is 0. The molecule has 2 amide bonds. The number of primary amides is 1. The lowest BCUT2D eigenvalue weighted by Crippen LogP contribution is -2.31. The molecule has 0 bridgehead atoms. The summed E-state index contributed by atoms with van der Waals surface area (Å²) in [6.07, 6.45) is 3.91. The fourth-order valence-electron chi connectivity index (χ4n) is 1.53. The van der Waals surface area contributed by atoms with Crippen molar-refractivity contribution < 1.29 is 4.79 Å². The Bertz CT molecular complexity index is 371. The molecule has 0 fully saturated rings. The molecule has 13 heavy (non-hydrogen) atoms. The molecule has 0 aromatic heterocycles. The highest BCUT2D eigenvalue weighted by atomic mass is 16.2. The highest BCUT2D eigenvalue weighted by Crippen LogP contribution is 2.27. The van der Waals surface area contributed by atoms with Crippen LogP contribution in [0.3, 0.4) is 0 Å². The largest absolute Gasteiger partial charge is 0.352 e. The van der Waals surface area contributed by atoms with Gasteiger partial charge in [-0.2, -0.15) is 0 Å². The van der Waals surface area contributed by atoms with Crippen molar-refractivity contribution in [1.29, 1.82) is 0 Å². The second kappa shape index (κ2) is 2.94. The maximum absolute atomic E-state index is 10.6. The van der Waals surface area contributed by atoms with Gasteiger partial charge < -0.3 is 11.1 Å². The van der Waals surface area contributed by atoms with E-state index in [1.807, 2.05) is 36.4 Å². The van der Waals surface area contributed by atoms with Crippen molar-refractivity contribution in [3.8, 4) is 0 Å². The van der Waals surface area contributed by atoms with Crippen molar-refractivity contribution in [3.63, 3.8) is 0 Å². The van der Waals surface area contributed by atoms with Gasteiger partial charge in [0.2, 0.25) is 0 Å². The fraction of sp³-hybridized carbons (Fsp3) is 0.100. The normalized spacial score (nSPS) is 18.3. The Morgan fingerprint density at radius 2 is 2.15 bits per heavy atom. The summed E-state index contributed by atoms with van der Waals surface area (Å²) in [6.45, 7) is 0. The van der Waals surface area contributed by atoms with Gasteiger partial charge in [-0.05, 0) is 11.1 Å². The van der Waals surface area contributed by atoms with Crippen LogP contribution in [0.25, 0.3) is 6.08 Å². The van der Waals surface area contributed by atoms with Gasteiger partial charge in [0.15, 0.2) is 0 Å². The van der Waals surface area contributed by atoms with Gasteiger partial charge in [0, 0.05) is 0 Å². The summed E-state index contributed by atoms with van der Waals surface area (Å²) >= 11 is 0. The highest BCUT2D eigenvalue weighted by Gasteiger charge is 2.16. The van der Waals surface area contributed by atoms with Crippen molar-refractivity contribution in [3.05, 3.63) is 41.5 Å². The molecule has 3 heteroatoms. The number of rotatable bonds is 1. The summed E-state index contributed by atoms with van der Waals surface area (Å²) in [4.78, 5) is 10.6. The summed E-state index contributed by atoms with van der Waals surface area (Å²) in [7, 11) is 0. The molecule has 1 atom stereocenters. The lowest BCUT2D eigenvalue weighted by Gasteiger charge is -2.10. The Morgan fingerprint density at radius 1 is 1.38 bits per heavy atom. The summed E-state index contributed by atoms with van der Waals surface area (Å²) in [5.41, 5.74) is 7.28. The molecule has 0 spiro atoms. The minimum Gasteiger partial charge on any atom is -0.352 e. The van der Waals surface area contributed by atoms with Crippen molar-refractivity contribution in [2.75, 3.05) is 0 Å². The van der Waals surface area contributed by atoms with Crippen LogP contribution in [-0.4, -0.2) is 6.03 Å². The van der Waals surface area contributed by atoms with Crippen LogP contribution >= 0.6 is 0 Å². The Labute approximate surface area is 76.2 Å². The lowest BCUT2D eigenvalue weighted by molar-refractivity contribution is 0.247. The van der Waals surface area contributed by atoms with E-state index in [9.17, 15) is 4.79 Å². The van der Waals surface area contributed by atoms with Gasteiger partial charge in [-0.25, -0.2) is 4.79 Å². The SMILES string of the molecule is NC(=O)NC1C=Cc2ccccc21. The summed E-state index contributed by atoms with van der Waals surface area (Å²) in [5, 5.41) is 2.65. The van der Waals surface area contributed by atoms with Crippen molar-refractivity contribution >= 4 is 12.1 Å². The van der Waals surface area contributed by atoms with E-state index in [2.05, 4.69) is 5.32 Å². The summed E-state index contributed by atoms with van der Waals surface area (Å²) in [5.74, 6) is 0. The van der Waals surface area contributed by atoms with Crippen LogP contribution in [0.1, 0.15) is 17.2 Å². The maximum Gasteiger partial charge on any atom is 0.312 e. The zero-order valence-corrected chi connectivity index (χ0v) is 7.03. The molecule has 0 saturated heterocycles. The molecule has 3 nitrogen and oxygen atoms in total.